The molecule has 0 radical (unpaired) electrons. The molecule has 34 heavy (non-hydrogen) atoms. The van der Waals surface area contributed by atoms with Gasteiger partial charge in [0.05, 0.1) is 25.5 Å². The molecule has 0 spiro atoms. The van der Waals surface area contributed by atoms with Crippen molar-refractivity contribution < 1.29 is 28.7 Å². The zero-order valence-corrected chi connectivity index (χ0v) is 20.9. The molecule has 2 rings (SSSR count). The Labute approximate surface area is 203 Å². The van der Waals surface area contributed by atoms with E-state index in [0.29, 0.717) is 19.3 Å². The van der Waals surface area contributed by atoms with Crippen LogP contribution >= 0.6 is 11.8 Å². The molecule has 1 saturated heterocycles. The highest BCUT2D eigenvalue weighted by molar-refractivity contribution is 7.98. The number of thioether (sulfide) groups is 1. The van der Waals surface area contributed by atoms with E-state index in [-0.39, 0.29) is 29.9 Å². The van der Waals surface area contributed by atoms with Crippen LogP contribution in [0.3, 0.4) is 0 Å². The number of carbonyl (C=O) groups is 4. The first-order valence-corrected chi connectivity index (χ1v) is 12.3. The SMILES string of the molecule is COC[C@](C=O)(Nc1cnccn1)C(=O)N[C@@H](CSC)C(=O)N[C@@H](CC(C)C)C(=O)C1(C)CO1. The highest BCUT2D eigenvalue weighted by Crippen LogP contribution is 2.29. The van der Waals surface area contributed by atoms with Crippen molar-refractivity contribution in [1.82, 2.24) is 20.6 Å². The van der Waals surface area contributed by atoms with E-state index in [1.54, 1.807) is 13.2 Å². The summed E-state index contributed by atoms with van der Waals surface area (Å²) in [5.74, 6) is -0.939. The van der Waals surface area contributed by atoms with Crippen LogP contribution in [0, 0.1) is 5.92 Å². The molecule has 2 amide bonds. The third kappa shape index (κ3) is 7.21. The topological polar surface area (TPSA) is 152 Å². The fraction of sp³-hybridized carbons (Fsp3) is 0.636. The van der Waals surface area contributed by atoms with Crippen molar-refractivity contribution in [3.8, 4) is 0 Å². The van der Waals surface area contributed by atoms with Crippen molar-refractivity contribution in [2.45, 2.75) is 50.4 Å². The second-order valence-corrected chi connectivity index (χ2v) is 9.70. The third-order valence-corrected chi connectivity index (χ3v) is 5.95. The maximum Gasteiger partial charge on any atom is 0.256 e. The molecule has 1 aromatic heterocycles. The molecule has 0 aromatic carbocycles. The van der Waals surface area contributed by atoms with Crippen LogP contribution in [0.4, 0.5) is 5.82 Å². The smallest absolute Gasteiger partial charge is 0.256 e. The molecule has 11 nitrogen and oxygen atoms in total. The van der Waals surface area contributed by atoms with Gasteiger partial charge in [0.15, 0.2) is 17.6 Å². The summed E-state index contributed by atoms with van der Waals surface area (Å²) >= 11 is 1.34. The molecule has 1 unspecified atom stereocenters. The van der Waals surface area contributed by atoms with E-state index in [9.17, 15) is 19.2 Å². The predicted molar refractivity (Wildman–Crippen MR) is 127 cm³/mol. The van der Waals surface area contributed by atoms with Crippen LogP contribution < -0.4 is 16.0 Å². The summed E-state index contributed by atoms with van der Waals surface area (Å²) in [5, 5.41) is 8.16. The number of Topliss-reactive ketones (excluding diaryl/α,β-unsaturated/α-hetero) is 1. The first-order chi connectivity index (χ1) is 16.1. The van der Waals surface area contributed by atoms with Gasteiger partial charge >= 0.3 is 0 Å². The average molecular weight is 496 g/mol. The van der Waals surface area contributed by atoms with Crippen molar-refractivity contribution in [2.75, 3.05) is 37.6 Å². The molecule has 0 saturated carbocycles. The number of hydrogen-bond acceptors (Lipinski definition) is 10. The number of ketones is 1. The van der Waals surface area contributed by atoms with Gasteiger partial charge in [-0.2, -0.15) is 11.8 Å². The highest BCUT2D eigenvalue weighted by Gasteiger charge is 2.50. The molecule has 1 aliphatic rings. The second kappa shape index (κ2) is 12.2. The first-order valence-electron chi connectivity index (χ1n) is 10.9. The Morgan fingerprint density at radius 2 is 2.00 bits per heavy atom. The molecule has 1 aliphatic heterocycles. The predicted octanol–water partition coefficient (Wildman–Crippen LogP) is 0.209. The molecule has 188 valence electrons. The summed E-state index contributed by atoms with van der Waals surface area (Å²) < 4.78 is 10.4. The van der Waals surface area contributed by atoms with Gasteiger partial charge in [-0.3, -0.25) is 19.4 Å². The molecular weight excluding hydrogens is 462 g/mol. The maximum atomic E-state index is 13.2. The summed E-state index contributed by atoms with van der Waals surface area (Å²) in [7, 11) is 1.35. The lowest BCUT2D eigenvalue weighted by atomic mass is 9.93. The van der Waals surface area contributed by atoms with Gasteiger partial charge < -0.3 is 30.2 Å². The number of hydrogen-bond donors (Lipinski definition) is 3. The minimum atomic E-state index is -1.84. The van der Waals surface area contributed by atoms with Gasteiger partial charge in [0.1, 0.15) is 17.5 Å². The van der Waals surface area contributed by atoms with E-state index in [1.165, 1.54) is 37.5 Å². The largest absolute Gasteiger partial charge is 0.381 e. The summed E-state index contributed by atoms with van der Waals surface area (Å²) in [4.78, 5) is 59.3. The van der Waals surface area contributed by atoms with Crippen LogP contribution in [-0.2, 0) is 28.7 Å². The molecule has 0 bridgehead atoms. The minimum absolute atomic E-state index is 0.144. The Morgan fingerprint density at radius 1 is 1.29 bits per heavy atom. The summed E-state index contributed by atoms with van der Waals surface area (Å²) in [6.45, 7) is 5.60. The quantitative estimate of drug-likeness (QED) is 0.175. The molecule has 12 heteroatoms. The third-order valence-electron chi connectivity index (χ3n) is 5.29. The number of methoxy groups -OCH3 is 1. The van der Waals surface area contributed by atoms with Gasteiger partial charge in [0, 0.05) is 25.3 Å². The second-order valence-electron chi connectivity index (χ2n) is 8.79. The summed E-state index contributed by atoms with van der Waals surface area (Å²) in [5.41, 5.74) is -2.74. The molecule has 1 aromatic rings. The fourth-order valence-corrected chi connectivity index (χ4v) is 3.89. The number of nitrogens with one attached hydrogen (secondary N) is 3. The molecule has 1 fully saturated rings. The molecule has 3 N–H and O–H groups in total. The number of anilines is 1. The zero-order chi connectivity index (χ0) is 25.4. The number of ether oxygens (including phenoxy) is 2. The number of carbonyl (C=O) groups excluding carboxylic acids is 4. The average Bonchev–Trinajstić information content (AvgIpc) is 3.56. The van der Waals surface area contributed by atoms with Crippen LogP contribution in [0.25, 0.3) is 0 Å². The van der Waals surface area contributed by atoms with Crippen LogP contribution in [0.5, 0.6) is 0 Å². The van der Waals surface area contributed by atoms with Gasteiger partial charge in [-0.15, -0.1) is 0 Å². The van der Waals surface area contributed by atoms with Crippen molar-refractivity contribution >= 4 is 41.5 Å². The van der Waals surface area contributed by atoms with E-state index < -0.39 is 35.0 Å². The molecule has 2 heterocycles. The van der Waals surface area contributed by atoms with Gasteiger partial charge in [0.25, 0.3) is 5.91 Å². The lowest BCUT2D eigenvalue weighted by Crippen LogP contribution is -2.62. The van der Waals surface area contributed by atoms with E-state index in [0.717, 1.165) is 0 Å². The van der Waals surface area contributed by atoms with E-state index in [4.69, 9.17) is 9.47 Å². The lowest BCUT2D eigenvalue weighted by Gasteiger charge is -2.30. The minimum Gasteiger partial charge on any atom is -0.381 e. The number of amides is 2. The van der Waals surface area contributed by atoms with Crippen molar-refractivity contribution in [1.29, 1.82) is 0 Å². The van der Waals surface area contributed by atoms with Crippen molar-refractivity contribution in [3.05, 3.63) is 18.6 Å². The Balaban J connectivity index is 2.20. The number of nitrogens with zero attached hydrogens (tertiary/aromatic N) is 2. The fourth-order valence-electron chi connectivity index (χ4n) is 3.33. The maximum absolute atomic E-state index is 13.2. The Kier molecular flexibility index (Phi) is 9.95. The Morgan fingerprint density at radius 3 is 2.50 bits per heavy atom. The van der Waals surface area contributed by atoms with Crippen LogP contribution in [0.2, 0.25) is 0 Å². The van der Waals surface area contributed by atoms with E-state index >= 15 is 0 Å². The van der Waals surface area contributed by atoms with E-state index in [2.05, 4.69) is 25.9 Å². The first kappa shape index (κ1) is 27.7. The number of aldehydes is 1. The Hall–Kier alpha value is -2.57. The molecule has 0 aliphatic carbocycles. The van der Waals surface area contributed by atoms with Crippen LogP contribution in [0.1, 0.15) is 27.2 Å². The van der Waals surface area contributed by atoms with Gasteiger partial charge in [-0.05, 0) is 25.5 Å². The normalized spacial score (nSPS) is 20.5. The number of epoxide rings is 1. The summed E-state index contributed by atoms with van der Waals surface area (Å²) in [6.07, 6.45) is 6.83. The number of rotatable bonds is 15. The summed E-state index contributed by atoms with van der Waals surface area (Å²) in [6, 6.07) is -1.76. The van der Waals surface area contributed by atoms with Crippen LogP contribution in [0.15, 0.2) is 18.6 Å². The molecule has 4 atom stereocenters. The Bertz CT molecular complexity index is 867. The van der Waals surface area contributed by atoms with Crippen molar-refractivity contribution in [2.24, 2.45) is 5.92 Å². The van der Waals surface area contributed by atoms with Gasteiger partial charge in [-0.1, -0.05) is 13.8 Å². The number of aromatic nitrogens is 2. The zero-order valence-electron chi connectivity index (χ0n) is 20.1. The van der Waals surface area contributed by atoms with Crippen molar-refractivity contribution in [3.63, 3.8) is 0 Å². The monoisotopic (exact) mass is 495 g/mol. The van der Waals surface area contributed by atoms with Crippen LogP contribution in [-0.4, -0.2) is 89.4 Å². The highest BCUT2D eigenvalue weighted by atomic mass is 32.2. The lowest BCUT2D eigenvalue weighted by molar-refractivity contribution is -0.136. The standard InChI is InChI=1S/C22H33N5O6S/c1-14(2)8-15(18(29)21(3)12-33-21)25-19(30)16(10-34-5)26-20(31)22(11-28,13-32-4)27-17-9-23-6-7-24-17/h6-7,9,11,14-16H,8,10,12-13H2,1-5H3,(H,24,27)(H,25,30)(H,26,31)/t15-,16-,21?,22-/m0/s1. The van der Waals surface area contributed by atoms with E-state index in [1.807, 2.05) is 13.8 Å². The molecular formula is C22H33N5O6S. The van der Waals surface area contributed by atoms with Gasteiger partial charge in [0.2, 0.25) is 5.91 Å². The van der Waals surface area contributed by atoms with Gasteiger partial charge in [-0.25, -0.2) is 4.98 Å².